The maximum absolute atomic E-state index is 6.04. The zero-order valence-electron chi connectivity index (χ0n) is 14.3. The average molecular weight is 315 g/mol. The first-order valence-corrected chi connectivity index (χ1v) is 8.19. The predicted octanol–water partition coefficient (Wildman–Crippen LogP) is 2.26. The summed E-state index contributed by atoms with van der Waals surface area (Å²) < 4.78 is 7.99. The number of nitrogens with zero attached hydrogens (tertiary/aromatic N) is 4. The maximum Gasteiger partial charge on any atom is 0.0901 e. The Labute approximate surface area is 137 Å². The molecule has 2 aromatic heterocycles. The highest BCUT2D eigenvalue weighted by Crippen LogP contribution is 2.37. The normalized spacial score (nSPS) is 22.4. The third-order valence-electron chi connectivity index (χ3n) is 4.78. The van der Waals surface area contributed by atoms with Gasteiger partial charge in [-0.1, -0.05) is 0 Å². The van der Waals surface area contributed by atoms with E-state index in [1.807, 2.05) is 17.9 Å². The van der Waals surface area contributed by atoms with Gasteiger partial charge in [-0.15, -0.1) is 0 Å². The first-order chi connectivity index (χ1) is 11.1. The van der Waals surface area contributed by atoms with Gasteiger partial charge in [0.1, 0.15) is 0 Å². The fraction of sp³-hybridized carbons (Fsp3) is 0.588. The molecule has 0 amide bonds. The molecule has 23 heavy (non-hydrogen) atoms. The molecule has 1 N–H and O–H groups in total. The number of hydrogen-bond acceptors (Lipinski definition) is 5. The molecule has 0 aromatic carbocycles. The van der Waals surface area contributed by atoms with Crippen LogP contribution in [0.2, 0.25) is 0 Å². The Bertz CT molecular complexity index is 655. The van der Waals surface area contributed by atoms with Gasteiger partial charge < -0.3 is 10.1 Å². The molecule has 3 heterocycles. The summed E-state index contributed by atoms with van der Waals surface area (Å²) >= 11 is 0. The predicted molar refractivity (Wildman–Crippen MR) is 87.9 cm³/mol. The fourth-order valence-electron chi connectivity index (χ4n) is 3.33. The van der Waals surface area contributed by atoms with Crippen molar-refractivity contribution in [1.29, 1.82) is 0 Å². The van der Waals surface area contributed by atoms with E-state index in [0.29, 0.717) is 5.92 Å². The minimum atomic E-state index is 0.130. The summed E-state index contributed by atoms with van der Waals surface area (Å²) in [7, 11) is 1.99. The third-order valence-corrected chi connectivity index (χ3v) is 4.78. The molecule has 1 fully saturated rings. The van der Waals surface area contributed by atoms with E-state index in [0.717, 1.165) is 31.0 Å². The number of ether oxygens (including phenoxy) is 1. The van der Waals surface area contributed by atoms with Crippen molar-refractivity contribution >= 4 is 0 Å². The van der Waals surface area contributed by atoms with Gasteiger partial charge in [0.25, 0.3) is 0 Å². The van der Waals surface area contributed by atoms with Gasteiger partial charge in [0, 0.05) is 62.0 Å². The molecule has 1 unspecified atom stereocenters. The van der Waals surface area contributed by atoms with E-state index >= 15 is 0 Å². The molecule has 1 aliphatic heterocycles. The average Bonchev–Trinajstić information content (AvgIpc) is 3.10. The highest BCUT2D eigenvalue weighted by Gasteiger charge is 2.33. The Morgan fingerprint density at radius 2 is 2.22 bits per heavy atom. The fourth-order valence-corrected chi connectivity index (χ4v) is 3.33. The first kappa shape index (κ1) is 16.1. The number of nitrogens with one attached hydrogen (secondary N) is 1. The van der Waals surface area contributed by atoms with E-state index in [1.54, 1.807) is 12.4 Å². The number of aryl methyl sites for hydroxylation is 2. The third kappa shape index (κ3) is 3.28. The molecule has 124 valence electrons. The van der Waals surface area contributed by atoms with Crippen molar-refractivity contribution in [3.05, 3.63) is 41.2 Å². The highest BCUT2D eigenvalue weighted by atomic mass is 16.5. The second-order valence-corrected chi connectivity index (χ2v) is 6.31. The summed E-state index contributed by atoms with van der Waals surface area (Å²) in [5.74, 6) is 0.454. The van der Waals surface area contributed by atoms with E-state index in [-0.39, 0.29) is 12.1 Å². The smallest absolute Gasteiger partial charge is 0.0901 e. The summed E-state index contributed by atoms with van der Waals surface area (Å²) in [5.41, 5.74) is 4.49. The van der Waals surface area contributed by atoms with Crippen LogP contribution in [0.1, 0.15) is 48.1 Å². The van der Waals surface area contributed by atoms with Crippen LogP contribution in [0, 0.1) is 19.8 Å². The van der Waals surface area contributed by atoms with Gasteiger partial charge in [-0.05, 0) is 27.2 Å². The van der Waals surface area contributed by atoms with Gasteiger partial charge in [0.15, 0.2) is 0 Å². The minimum Gasteiger partial charge on any atom is -0.373 e. The summed E-state index contributed by atoms with van der Waals surface area (Å²) in [5, 5.41) is 8.11. The van der Waals surface area contributed by atoms with Gasteiger partial charge in [-0.2, -0.15) is 5.10 Å². The van der Waals surface area contributed by atoms with Crippen LogP contribution in [-0.2, 0) is 11.8 Å². The molecule has 6 heteroatoms. The van der Waals surface area contributed by atoms with Crippen LogP contribution in [0.25, 0.3) is 0 Å². The van der Waals surface area contributed by atoms with Gasteiger partial charge in [0.05, 0.1) is 17.5 Å². The largest absolute Gasteiger partial charge is 0.373 e. The van der Waals surface area contributed by atoms with Crippen LogP contribution >= 0.6 is 0 Å². The summed E-state index contributed by atoms with van der Waals surface area (Å²) in [6, 6.07) is 0.182. The Kier molecular flexibility index (Phi) is 4.73. The van der Waals surface area contributed by atoms with Crippen LogP contribution in [0.4, 0.5) is 0 Å². The number of rotatable bonds is 5. The monoisotopic (exact) mass is 315 g/mol. The second kappa shape index (κ2) is 6.76. The molecule has 0 saturated carbocycles. The van der Waals surface area contributed by atoms with E-state index in [1.165, 1.54) is 11.3 Å². The minimum absolute atomic E-state index is 0.130. The number of aromatic nitrogens is 4. The molecular weight excluding hydrogens is 290 g/mol. The van der Waals surface area contributed by atoms with E-state index in [9.17, 15) is 0 Å². The van der Waals surface area contributed by atoms with Crippen molar-refractivity contribution in [3.63, 3.8) is 0 Å². The molecule has 0 spiro atoms. The van der Waals surface area contributed by atoms with Crippen molar-refractivity contribution in [3.8, 4) is 0 Å². The first-order valence-electron chi connectivity index (χ1n) is 8.19. The second-order valence-electron chi connectivity index (χ2n) is 6.31. The van der Waals surface area contributed by atoms with E-state index < -0.39 is 0 Å². The van der Waals surface area contributed by atoms with Gasteiger partial charge in [-0.3, -0.25) is 14.6 Å². The van der Waals surface area contributed by atoms with Crippen molar-refractivity contribution < 1.29 is 4.74 Å². The van der Waals surface area contributed by atoms with Gasteiger partial charge in [0.2, 0.25) is 0 Å². The van der Waals surface area contributed by atoms with Crippen LogP contribution in [0.3, 0.4) is 0 Å². The van der Waals surface area contributed by atoms with Crippen molar-refractivity contribution in [2.75, 3.05) is 13.2 Å². The Morgan fingerprint density at radius 1 is 1.39 bits per heavy atom. The Balaban J connectivity index is 1.68. The molecule has 6 nitrogen and oxygen atoms in total. The molecular formula is C17H25N5O. The molecule has 0 bridgehead atoms. The summed E-state index contributed by atoms with van der Waals surface area (Å²) in [4.78, 5) is 8.50. The van der Waals surface area contributed by atoms with Crippen LogP contribution in [0.15, 0.2) is 18.6 Å². The molecule has 0 radical (unpaired) electrons. The molecule has 2 aromatic rings. The lowest BCUT2D eigenvalue weighted by Gasteiger charge is -2.22. The van der Waals surface area contributed by atoms with Gasteiger partial charge >= 0.3 is 0 Å². The lowest BCUT2D eigenvalue weighted by atomic mass is 9.93. The van der Waals surface area contributed by atoms with Crippen LogP contribution < -0.4 is 5.32 Å². The summed E-state index contributed by atoms with van der Waals surface area (Å²) in [6.45, 7) is 8.01. The maximum atomic E-state index is 6.04. The number of hydrogen-bond donors (Lipinski definition) is 1. The zero-order chi connectivity index (χ0) is 16.4. The van der Waals surface area contributed by atoms with Crippen LogP contribution in [-0.4, -0.2) is 32.9 Å². The molecule has 0 aliphatic carbocycles. The molecule has 3 atom stereocenters. The van der Waals surface area contributed by atoms with Gasteiger partial charge in [-0.25, -0.2) is 0 Å². The van der Waals surface area contributed by atoms with E-state index in [4.69, 9.17) is 4.74 Å². The SMILES string of the molecule is Cc1nn(C)c(C)c1[C@H]1OCC[C@@H]1CNC(C)c1cnccn1. The standard InChI is InChI=1S/C17H25N5O/c1-11(15-10-18-6-7-19-15)20-9-14-5-8-23-17(14)16-12(2)21-22(4)13(16)3/h6-7,10-11,14,17,20H,5,8-9H2,1-4H3/t11?,14-,17+/m1/s1. The highest BCUT2D eigenvalue weighted by molar-refractivity contribution is 5.28. The zero-order valence-corrected chi connectivity index (χ0v) is 14.3. The van der Waals surface area contributed by atoms with Crippen LogP contribution in [0.5, 0.6) is 0 Å². The lowest BCUT2D eigenvalue weighted by molar-refractivity contribution is 0.0888. The van der Waals surface area contributed by atoms with Crippen molar-refractivity contribution in [1.82, 2.24) is 25.1 Å². The Hall–Kier alpha value is -1.79. The lowest BCUT2D eigenvalue weighted by Crippen LogP contribution is -2.28. The molecule has 1 saturated heterocycles. The summed E-state index contributed by atoms with van der Waals surface area (Å²) in [6.07, 6.45) is 6.45. The topological polar surface area (TPSA) is 64.9 Å². The Morgan fingerprint density at radius 3 is 2.87 bits per heavy atom. The van der Waals surface area contributed by atoms with E-state index in [2.05, 4.69) is 41.2 Å². The van der Waals surface area contributed by atoms with Crippen molar-refractivity contribution in [2.45, 2.75) is 39.3 Å². The van der Waals surface area contributed by atoms with Crippen molar-refractivity contribution in [2.24, 2.45) is 13.0 Å². The quantitative estimate of drug-likeness (QED) is 0.917. The molecule has 3 rings (SSSR count). The molecule has 1 aliphatic rings.